The van der Waals surface area contributed by atoms with Crippen LogP contribution in [0, 0.1) is 0 Å². The van der Waals surface area contributed by atoms with Crippen LogP contribution < -0.4 is 5.73 Å². The number of aryl methyl sites for hydroxylation is 1. The third-order valence-electron chi connectivity index (χ3n) is 3.33. The van der Waals surface area contributed by atoms with E-state index in [2.05, 4.69) is 48.4 Å². The molecule has 18 heavy (non-hydrogen) atoms. The van der Waals surface area contributed by atoms with E-state index in [0.717, 1.165) is 32.4 Å². The smallest absolute Gasteiger partial charge is 0.0456 e. The summed E-state index contributed by atoms with van der Waals surface area (Å²) in [7, 11) is 4.23. The number of hydrogen-bond donors (Lipinski definition) is 2. The molecule has 0 saturated heterocycles. The molecule has 0 amide bonds. The molecule has 2 aromatic rings. The van der Waals surface area contributed by atoms with E-state index in [1.54, 1.807) is 0 Å². The highest BCUT2D eigenvalue weighted by Crippen LogP contribution is 2.21. The number of benzene rings is 1. The van der Waals surface area contributed by atoms with Crippen LogP contribution in [0.25, 0.3) is 10.9 Å². The number of aromatic nitrogens is 1. The average Bonchev–Trinajstić information content (AvgIpc) is 2.76. The van der Waals surface area contributed by atoms with Crippen molar-refractivity contribution in [2.45, 2.75) is 19.3 Å². The molecule has 0 radical (unpaired) electrons. The number of nitrogens with one attached hydrogen (secondary N) is 1. The maximum absolute atomic E-state index is 5.57. The van der Waals surface area contributed by atoms with Crippen LogP contribution in [0.3, 0.4) is 0 Å². The van der Waals surface area contributed by atoms with Gasteiger partial charge in [-0.25, -0.2) is 0 Å². The first-order valence-corrected chi connectivity index (χ1v) is 6.64. The van der Waals surface area contributed by atoms with Crippen LogP contribution in [0.4, 0.5) is 0 Å². The molecule has 0 aliphatic heterocycles. The molecule has 3 heteroatoms. The Morgan fingerprint density at radius 2 is 2.06 bits per heavy atom. The van der Waals surface area contributed by atoms with E-state index in [9.17, 15) is 0 Å². The standard InChI is InChI=1S/C15H23N3/c1-18(2)9-7-13-11-17-15-6-5-12(4-3-8-16)10-14(13)15/h5-6,10-11,17H,3-4,7-9,16H2,1-2H3. The second-order valence-corrected chi connectivity index (χ2v) is 5.14. The first-order valence-electron chi connectivity index (χ1n) is 6.64. The quantitative estimate of drug-likeness (QED) is 0.819. The molecule has 0 atom stereocenters. The minimum absolute atomic E-state index is 0.763. The van der Waals surface area contributed by atoms with E-state index in [1.165, 1.54) is 22.0 Å². The Bertz CT molecular complexity index is 499. The van der Waals surface area contributed by atoms with E-state index < -0.39 is 0 Å². The van der Waals surface area contributed by atoms with Crippen LogP contribution in [-0.2, 0) is 12.8 Å². The highest BCUT2D eigenvalue weighted by atomic mass is 15.0. The highest BCUT2D eigenvalue weighted by Gasteiger charge is 2.05. The predicted octanol–water partition coefficient (Wildman–Crippen LogP) is 2.16. The van der Waals surface area contributed by atoms with Gasteiger partial charge in [0.1, 0.15) is 0 Å². The van der Waals surface area contributed by atoms with E-state index in [-0.39, 0.29) is 0 Å². The summed E-state index contributed by atoms with van der Waals surface area (Å²) in [5.74, 6) is 0. The van der Waals surface area contributed by atoms with Gasteiger partial charge in [-0.05, 0) is 63.2 Å². The topological polar surface area (TPSA) is 45.0 Å². The molecule has 0 unspecified atom stereocenters. The van der Waals surface area contributed by atoms with Gasteiger partial charge in [0.2, 0.25) is 0 Å². The lowest BCUT2D eigenvalue weighted by atomic mass is 10.0. The normalized spacial score (nSPS) is 11.6. The van der Waals surface area contributed by atoms with Gasteiger partial charge in [-0.2, -0.15) is 0 Å². The summed E-state index contributed by atoms with van der Waals surface area (Å²) in [6.07, 6.45) is 5.36. The van der Waals surface area contributed by atoms with Gasteiger partial charge < -0.3 is 15.6 Å². The van der Waals surface area contributed by atoms with Crippen LogP contribution in [0.15, 0.2) is 24.4 Å². The predicted molar refractivity (Wildman–Crippen MR) is 77.9 cm³/mol. The monoisotopic (exact) mass is 245 g/mol. The Morgan fingerprint density at radius 3 is 2.78 bits per heavy atom. The Kier molecular flexibility index (Phi) is 4.39. The molecule has 1 aromatic carbocycles. The van der Waals surface area contributed by atoms with Gasteiger partial charge in [0.15, 0.2) is 0 Å². The summed E-state index contributed by atoms with van der Waals surface area (Å²) in [6.45, 7) is 1.85. The third kappa shape index (κ3) is 3.12. The fraction of sp³-hybridized carbons (Fsp3) is 0.467. The molecule has 0 fully saturated rings. The van der Waals surface area contributed by atoms with Gasteiger partial charge in [-0.15, -0.1) is 0 Å². The molecule has 1 aromatic heterocycles. The molecule has 3 nitrogen and oxygen atoms in total. The summed E-state index contributed by atoms with van der Waals surface area (Å²) in [5.41, 5.74) is 9.60. The minimum Gasteiger partial charge on any atom is -0.361 e. The van der Waals surface area contributed by atoms with E-state index in [4.69, 9.17) is 5.73 Å². The van der Waals surface area contributed by atoms with E-state index in [1.807, 2.05) is 0 Å². The number of nitrogens with two attached hydrogens (primary N) is 1. The molecule has 1 heterocycles. The van der Waals surface area contributed by atoms with E-state index in [0.29, 0.717) is 0 Å². The van der Waals surface area contributed by atoms with Crippen LogP contribution in [-0.4, -0.2) is 37.1 Å². The molecule has 3 N–H and O–H groups in total. The number of aromatic amines is 1. The number of fused-ring (bicyclic) bond motifs is 1. The van der Waals surface area contributed by atoms with Crippen molar-refractivity contribution in [1.29, 1.82) is 0 Å². The van der Waals surface area contributed by atoms with Crippen LogP contribution in [0.2, 0.25) is 0 Å². The molecule has 0 bridgehead atoms. The zero-order chi connectivity index (χ0) is 13.0. The van der Waals surface area contributed by atoms with Crippen molar-refractivity contribution in [3.8, 4) is 0 Å². The van der Waals surface area contributed by atoms with Crippen LogP contribution in [0.1, 0.15) is 17.5 Å². The van der Waals surface area contributed by atoms with Gasteiger partial charge >= 0.3 is 0 Å². The Balaban J connectivity index is 2.20. The fourth-order valence-electron chi connectivity index (χ4n) is 2.24. The zero-order valence-corrected chi connectivity index (χ0v) is 11.4. The molecular formula is C15H23N3. The summed E-state index contributed by atoms with van der Waals surface area (Å²) >= 11 is 0. The van der Waals surface area contributed by atoms with Gasteiger partial charge in [-0.1, -0.05) is 6.07 Å². The number of nitrogens with zero attached hydrogens (tertiary/aromatic N) is 1. The van der Waals surface area contributed by atoms with Crippen molar-refractivity contribution < 1.29 is 0 Å². The first-order chi connectivity index (χ1) is 8.70. The third-order valence-corrected chi connectivity index (χ3v) is 3.33. The zero-order valence-electron chi connectivity index (χ0n) is 11.4. The molecule has 0 aliphatic carbocycles. The number of rotatable bonds is 6. The average molecular weight is 245 g/mol. The SMILES string of the molecule is CN(C)CCc1c[nH]c2ccc(CCCN)cc12. The lowest BCUT2D eigenvalue weighted by Gasteiger charge is -2.08. The number of likely N-dealkylation sites (N-methyl/N-ethyl adjacent to an activating group) is 1. The van der Waals surface area contributed by atoms with Crippen LogP contribution in [0.5, 0.6) is 0 Å². The Hall–Kier alpha value is -1.32. The van der Waals surface area contributed by atoms with Crippen molar-refractivity contribution in [2.24, 2.45) is 5.73 Å². The van der Waals surface area contributed by atoms with Gasteiger partial charge in [0, 0.05) is 23.6 Å². The van der Waals surface area contributed by atoms with Crippen molar-refractivity contribution >= 4 is 10.9 Å². The largest absolute Gasteiger partial charge is 0.361 e. The number of H-pyrrole nitrogens is 1. The van der Waals surface area contributed by atoms with Crippen molar-refractivity contribution in [1.82, 2.24) is 9.88 Å². The van der Waals surface area contributed by atoms with Gasteiger partial charge in [-0.3, -0.25) is 0 Å². The lowest BCUT2D eigenvalue weighted by molar-refractivity contribution is 0.414. The molecule has 2 rings (SSSR count). The van der Waals surface area contributed by atoms with Crippen LogP contribution >= 0.6 is 0 Å². The second-order valence-electron chi connectivity index (χ2n) is 5.14. The van der Waals surface area contributed by atoms with Crippen molar-refractivity contribution in [3.63, 3.8) is 0 Å². The number of hydrogen-bond acceptors (Lipinski definition) is 2. The molecule has 0 spiro atoms. The van der Waals surface area contributed by atoms with E-state index >= 15 is 0 Å². The first kappa shape index (κ1) is 13.1. The maximum atomic E-state index is 5.57. The van der Waals surface area contributed by atoms with Gasteiger partial charge in [0.05, 0.1) is 0 Å². The summed E-state index contributed by atoms with van der Waals surface area (Å²) in [4.78, 5) is 5.57. The Labute approximate surface area is 109 Å². The lowest BCUT2D eigenvalue weighted by Crippen LogP contribution is -2.14. The molecule has 0 aliphatic rings. The minimum atomic E-state index is 0.763. The molecular weight excluding hydrogens is 222 g/mol. The molecule has 0 saturated carbocycles. The van der Waals surface area contributed by atoms with Crippen molar-refractivity contribution in [3.05, 3.63) is 35.5 Å². The Morgan fingerprint density at radius 1 is 1.22 bits per heavy atom. The second kappa shape index (κ2) is 6.03. The molecule has 98 valence electrons. The maximum Gasteiger partial charge on any atom is 0.0456 e. The van der Waals surface area contributed by atoms with Crippen molar-refractivity contribution in [2.75, 3.05) is 27.2 Å². The summed E-state index contributed by atoms with van der Waals surface area (Å²) in [6, 6.07) is 6.69. The highest BCUT2D eigenvalue weighted by molar-refractivity contribution is 5.83. The van der Waals surface area contributed by atoms with Gasteiger partial charge in [0.25, 0.3) is 0 Å². The summed E-state index contributed by atoms with van der Waals surface area (Å²) in [5, 5.41) is 1.37. The summed E-state index contributed by atoms with van der Waals surface area (Å²) < 4.78 is 0. The fourth-order valence-corrected chi connectivity index (χ4v) is 2.24.